The molecule has 0 aliphatic rings. The number of aromatic nitrogens is 3. The number of nitriles is 1. The van der Waals surface area contributed by atoms with Crippen molar-refractivity contribution in [3.05, 3.63) is 58.0 Å². The Morgan fingerprint density at radius 1 is 1.25 bits per heavy atom. The second-order valence-corrected chi connectivity index (χ2v) is 4.61. The lowest BCUT2D eigenvalue weighted by Crippen LogP contribution is -2.22. The van der Waals surface area contributed by atoms with Gasteiger partial charge in [-0.3, -0.25) is 9.36 Å². The standard InChI is InChI=1S/C15H12N4O/c1-10-12(8-16)15(20)18(2)14-13(10)9-17-19(14)11-6-4-3-5-7-11/h3-7,9H,1-2H3. The summed E-state index contributed by atoms with van der Waals surface area (Å²) in [5.41, 5.74) is 2.12. The number of para-hydroxylation sites is 1. The first-order chi connectivity index (χ1) is 9.65. The van der Waals surface area contributed by atoms with Crippen LogP contribution in [0.15, 0.2) is 41.3 Å². The molecule has 0 N–H and O–H groups in total. The minimum absolute atomic E-state index is 0.174. The van der Waals surface area contributed by atoms with E-state index in [9.17, 15) is 4.79 Å². The van der Waals surface area contributed by atoms with Gasteiger partial charge in [0.2, 0.25) is 0 Å². The van der Waals surface area contributed by atoms with E-state index in [-0.39, 0.29) is 11.1 Å². The van der Waals surface area contributed by atoms with Gasteiger partial charge in [0.1, 0.15) is 17.3 Å². The van der Waals surface area contributed by atoms with Crippen molar-refractivity contribution in [2.75, 3.05) is 0 Å². The number of hydrogen-bond donors (Lipinski definition) is 0. The zero-order valence-electron chi connectivity index (χ0n) is 11.2. The van der Waals surface area contributed by atoms with Crippen LogP contribution in [-0.2, 0) is 7.05 Å². The van der Waals surface area contributed by atoms with Crippen LogP contribution in [0.4, 0.5) is 0 Å². The van der Waals surface area contributed by atoms with Crippen LogP contribution in [0.5, 0.6) is 0 Å². The zero-order chi connectivity index (χ0) is 14.3. The normalized spacial score (nSPS) is 10.7. The molecule has 3 aromatic rings. The maximum Gasteiger partial charge on any atom is 0.270 e. The molecule has 0 fully saturated rings. The second-order valence-electron chi connectivity index (χ2n) is 4.61. The molecule has 98 valence electrons. The van der Waals surface area contributed by atoms with E-state index >= 15 is 0 Å². The molecule has 2 heterocycles. The van der Waals surface area contributed by atoms with Gasteiger partial charge < -0.3 is 0 Å². The number of fused-ring (bicyclic) bond motifs is 1. The maximum atomic E-state index is 12.2. The summed E-state index contributed by atoms with van der Waals surface area (Å²) in [5.74, 6) is 0. The van der Waals surface area contributed by atoms with Gasteiger partial charge in [0.25, 0.3) is 5.56 Å². The number of rotatable bonds is 1. The summed E-state index contributed by atoms with van der Waals surface area (Å²) in [6, 6.07) is 11.6. The number of benzene rings is 1. The van der Waals surface area contributed by atoms with Crippen LogP contribution in [0.25, 0.3) is 16.7 Å². The predicted octanol–water partition coefficient (Wildman–Crippen LogP) is 1.90. The molecule has 0 aliphatic heterocycles. The quantitative estimate of drug-likeness (QED) is 0.674. The van der Waals surface area contributed by atoms with E-state index in [0.29, 0.717) is 11.2 Å². The summed E-state index contributed by atoms with van der Waals surface area (Å²) < 4.78 is 3.19. The van der Waals surface area contributed by atoms with Gasteiger partial charge in [-0.25, -0.2) is 4.68 Å². The Kier molecular flexibility index (Phi) is 2.65. The number of nitrogens with zero attached hydrogens (tertiary/aromatic N) is 4. The Morgan fingerprint density at radius 3 is 2.60 bits per heavy atom. The lowest BCUT2D eigenvalue weighted by Gasteiger charge is -2.09. The van der Waals surface area contributed by atoms with Crippen molar-refractivity contribution in [3.8, 4) is 11.8 Å². The first kappa shape index (κ1) is 12.2. The number of pyridine rings is 1. The van der Waals surface area contributed by atoms with Crippen molar-refractivity contribution in [2.45, 2.75) is 6.92 Å². The van der Waals surface area contributed by atoms with E-state index in [1.807, 2.05) is 36.4 Å². The zero-order valence-corrected chi connectivity index (χ0v) is 11.2. The molecular formula is C15H12N4O. The van der Waals surface area contributed by atoms with Crippen LogP contribution in [0.3, 0.4) is 0 Å². The van der Waals surface area contributed by atoms with Crippen molar-refractivity contribution in [2.24, 2.45) is 7.05 Å². The average Bonchev–Trinajstić information content (AvgIpc) is 2.92. The second kappa shape index (κ2) is 4.35. The van der Waals surface area contributed by atoms with Crippen molar-refractivity contribution in [1.82, 2.24) is 14.3 Å². The highest BCUT2D eigenvalue weighted by molar-refractivity contribution is 5.82. The molecule has 0 amide bonds. The minimum Gasteiger partial charge on any atom is -0.295 e. The molecule has 2 aromatic heterocycles. The topological polar surface area (TPSA) is 63.6 Å². The maximum absolute atomic E-state index is 12.2. The van der Waals surface area contributed by atoms with Crippen LogP contribution in [0, 0.1) is 18.3 Å². The third-order valence-electron chi connectivity index (χ3n) is 3.47. The fourth-order valence-electron chi connectivity index (χ4n) is 2.38. The Balaban J connectivity index is 2.46. The first-order valence-electron chi connectivity index (χ1n) is 6.18. The molecule has 5 heteroatoms. The largest absolute Gasteiger partial charge is 0.295 e. The molecule has 0 saturated carbocycles. The fraction of sp³-hybridized carbons (Fsp3) is 0.133. The highest BCUT2D eigenvalue weighted by atomic mass is 16.1. The summed E-state index contributed by atoms with van der Waals surface area (Å²) in [7, 11) is 1.66. The molecule has 0 unspecified atom stereocenters. The van der Waals surface area contributed by atoms with Gasteiger partial charge in [-0.05, 0) is 24.6 Å². The Bertz CT molecular complexity index is 897. The lowest BCUT2D eigenvalue weighted by atomic mass is 10.1. The highest BCUT2D eigenvalue weighted by Crippen LogP contribution is 2.21. The van der Waals surface area contributed by atoms with Gasteiger partial charge in [0, 0.05) is 12.4 Å². The number of aryl methyl sites for hydroxylation is 2. The van der Waals surface area contributed by atoms with E-state index < -0.39 is 0 Å². The highest BCUT2D eigenvalue weighted by Gasteiger charge is 2.16. The van der Waals surface area contributed by atoms with Crippen molar-refractivity contribution >= 4 is 11.0 Å². The van der Waals surface area contributed by atoms with Gasteiger partial charge in [-0.1, -0.05) is 18.2 Å². The summed E-state index contributed by atoms with van der Waals surface area (Å²) in [5, 5.41) is 14.3. The molecule has 1 aromatic carbocycles. The van der Waals surface area contributed by atoms with Crippen LogP contribution in [0.2, 0.25) is 0 Å². The molecule has 0 spiro atoms. The Hall–Kier alpha value is -2.87. The molecule has 0 aliphatic carbocycles. The molecule has 0 atom stereocenters. The number of hydrogen-bond acceptors (Lipinski definition) is 3. The molecular weight excluding hydrogens is 252 g/mol. The third kappa shape index (κ3) is 1.55. The van der Waals surface area contributed by atoms with E-state index in [0.717, 1.165) is 11.1 Å². The molecule has 5 nitrogen and oxygen atoms in total. The van der Waals surface area contributed by atoms with Gasteiger partial charge in [0.15, 0.2) is 0 Å². The van der Waals surface area contributed by atoms with Gasteiger partial charge in [-0.15, -0.1) is 0 Å². The summed E-state index contributed by atoms with van der Waals surface area (Å²) in [6.45, 7) is 1.78. The van der Waals surface area contributed by atoms with Crippen molar-refractivity contribution < 1.29 is 0 Å². The molecule has 3 rings (SSSR count). The smallest absolute Gasteiger partial charge is 0.270 e. The average molecular weight is 264 g/mol. The minimum atomic E-state index is -0.296. The van der Waals surface area contributed by atoms with Gasteiger partial charge in [-0.2, -0.15) is 10.4 Å². The van der Waals surface area contributed by atoms with Crippen LogP contribution < -0.4 is 5.56 Å². The Labute approximate surface area is 115 Å². The van der Waals surface area contributed by atoms with Gasteiger partial charge >= 0.3 is 0 Å². The first-order valence-corrected chi connectivity index (χ1v) is 6.18. The van der Waals surface area contributed by atoms with Crippen LogP contribution in [-0.4, -0.2) is 14.3 Å². The monoisotopic (exact) mass is 264 g/mol. The molecule has 20 heavy (non-hydrogen) atoms. The molecule has 0 radical (unpaired) electrons. The van der Waals surface area contributed by atoms with E-state index in [1.165, 1.54) is 4.57 Å². The van der Waals surface area contributed by atoms with E-state index in [4.69, 9.17) is 5.26 Å². The van der Waals surface area contributed by atoms with Crippen LogP contribution >= 0.6 is 0 Å². The summed E-state index contributed by atoms with van der Waals surface area (Å²) in [4.78, 5) is 12.2. The van der Waals surface area contributed by atoms with Crippen LogP contribution in [0.1, 0.15) is 11.1 Å². The van der Waals surface area contributed by atoms with E-state index in [2.05, 4.69) is 5.10 Å². The third-order valence-corrected chi connectivity index (χ3v) is 3.47. The van der Waals surface area contributed by atoms with E-state index in [1.54, 1.807) is 24.9 Å². The molecule has 0 bridgehead atoms. The predicted molar refractivity (Wildman–Crippen MR) is 75.8 cm³/mol. The fourth-order valence-corrected chi connectivity index (χ4v) is 2.38. The summed E-state index contributed by atoms with van der Waals surface area (Å²) in [6.07, 6.45) is 1.69. The SMILES string of the molecule is Cc1c(C#N)c(=O)n(C)c2c1cnn2-c1ccccc1. The van der Waals surface area contributed by atoms with Gasteiger partial charge in [0.05, 0.1) is 11.9 Å². The Morgan fingerprint density at radius 2 is 1.95 bits per heavy atom. The van der Waals surface area contributed by atoms with Crippen molar-refractivity contribution in [3.63, 3.8) is 0 Å². The summed E-state index contributed by atoms with van der Waals surface area (Å²) >= 11 is 0. The lowest BCUT2D eigenvalue weighted by molar-refractivity contribution is 0.815. The molecule has 0 saturated heterocycles. The van der Waals surface area contributed by atoms with Crippen molar-refractivity contribution in [1.29, 1.82) is 5.26 Å².